The molecular weight excluding hydrogens is 446 g/mol. The first-order valence-electron chi connectivity index (χ1n) is 10.7. The SMILES string of the molecule is Nc1nc2nc(C[C@@H]3CC[C@@]4(O)[C@@H]3O[C@@H](n3ccc5c(N)ncnc53)[C@@H]4O)ccc2cc1Cl. The Morgan fingerprint density at radius 3 is 2.88 bits per heavy atom. The topological polar surface area (TPSA) is 158 Å². The van der Waals surface area contributed by atoms with Gasteiger partial charge in [0.1, 0.15) is 35.3 Å². The lowest BCUT2D eigenvalue weighted by molar-refractivity contribution is -0.0675. The van der Waals surface area contributed by atoms with Gasteiger partial charge in [-0.1, -0.05) is 11.6 Å². The molecule has 10 nitrogen and oxygen atoms in total. The fraction of sp³-hybridized carbons (Fsp3) is 0.364. The molecule has 5 heterocycles. The van der Waals surface area contributed by atoms with Crippen LogP contribution in [0.25, 0.3) is 22.1 Å². The maximum Gasteiger partial charge on any atom is 0.164 e. The Hall–Kier alpha value is -3.05. The van der Waals surface area contributed by atoms with Crippen molar-refractivity contribution in [3.8, 4) is 0 Å². The van der Waals surface area contributed by atoms with Gasteiger partial charge in [-0.3, -0.25) is 0 Å². The predicted octanol–water partition coefficient (Wildman–Crippen LogP) is 1.83. The average Bonchev–Trinajstić information content (AvgIpc) is 3.42. The van der Waals surface area contributed by atoms with Crippen molar-refractivity contribution in [3.63, 3.8) is 0 Å². The molecule has 6 N–H and O–H groups in total. The third kappa shape index (κ3) is 3.06. The fourth-order valence-electron chi connectivity index (χ4n) is 5.22. The van der Waals surface area contributed by atoms with Gasteiger partial charge in [0.15, 0.2) is 11.9 Å². The molecule has 5 atom stereocenters. The third-order valence-electron chi connectivity index (χ3n) is 6.91. The molecule has 0 radical (unpaired) electrons. The molecule has 6 rings (SSSR count). The zero-order chi connectivity index (χ0) is 22.9. The van der Waals surface area contributed by atoms with Crippen LogP contribution in [0.15, 0.2) is 36.8 Å². The second kappa shape index (κ2) is 7.22. The maximum atomic E-state index is 11.4. The van der Waals surface area contributed by atoms with E-state index in [2.05, 4.69) is 19.9 Å². The molecule has 4 aromatic heterocycles. The number of nitrogens with two attached hydrogens (primary N) is 2. The number of ether oxygens (including phenoxy) is 1. The van der Waals surface area contributed by atoms with Crippen LogP contribution in [0.1, 0.15) is 24.8 Å². The first kappa shape index (κ1) is 20.5. The normalized spacial score (nSPS) is 29.2. The summed E-state index contributed by atoms with van der Waals surface area (Å²) in [6.45, 7) is 0. The highest BCUT2D eigenvalue weighted by Gasteiger charge is 2.61. The zero-order valence-electron chi connectivity index (χ0n) is 17.5. The minimum absolute atomic E-state index is 0.0363. The molecule has 4 aromatic rings. The lowest BCUT2D eigenvalue weighted by atomic mass is 9.91. The van der Waals surface area contributed by atoms with Gasteiger partial charge in [-0.05, 0) is 49.4 Å². The van der Waals surface area contributed by atoms with Crippen LogP contribution >= 0.6 is 11.6 Å². The van der Waals surface area contributed by atoms with Gasteiger partial charge in [0.25, 0.3) is 0 Å². The number of aliphatic hydroxyl groups excluding tert-OH is 1. The Morgan fingerprint density at radius 1 is 1.18 bits per heavy atom. The second-order valence-electron chi connectivity index (χ2n) is 8.81. The Morgan fingerprint density at radius 2 is 2.03 bits per heavy atom. The Labute approximate surface area is 193 Å². The summed E-state index contributed by atoms with van der Waals surface area (Å²) < 4.78 is 7.99. The number of hydrogen-bond donors (Lipinski definition) is 4. The molecular formula is C22H22ClN7O3. The van der Waals surface area contributed by atoms with Crippen molar-refractivity contribution in [1.82, 2.24) is 24.5 Å². The number of aliphatic hydroxyl groups is 2. The van der Waals surface area contributed by atoms with E-state index in [1.807, 2.05) is 12.1 Å². The van der Waals surface area contributed by atoms with Crippen molar-refractivity contribution < 1.29 is 14.9 Å². The monoisotopic (exact) mass is 467 g/mol. The molecule has 1 saturated heterocycles. The van der Waals surface area contributed by atoms with Crippen molar-refractivity contribution >= 4 is 45.3 Å². The maximum absolute atomic E-state index is 11.4. The van der Waals surface area contributed by atoms with Gasteiger partial charge in [-0.25, -0.2) is 19.9 Å². The quantitative estimate of drug-likeness (QED) is 0.352. The molecule has 0 unspecified atom stereocenters. The molecule has 1 aliphatic carbocycles. The van der Waals surface area contributed by atoms with Crippen molar-refractivity contribution in [2.24, 2.45) is 5.92 Å². The predicted molar refractivity (Wildman–Crippen MR) is 122 cm³/mol. The van der Waals surface area contributed by atoms with Crippen LogP contribution in [0.4, 0.5) is 11.6 Å². The molecule has 0 spiro atoms. The van der Waals surface area contributed by atoms with Crippen molar-refractivity contribution in [3.05, 3.63) is 47.5 Å². The molecule has 0 bridgehead atoms. The van der Waals surface area contributed by atoms with E-state index in [-0.39, 0.29) is 11.7 Å². The lowest BCUT2D eigenvalue weighted by Crippen LogP contribution is -2.45. The van der Waals surface area contributed by atoms with E-state index < -0.39 is 24.0 Å². The number of halogens is 1. The van der Waals surface area contributed by atoms with Crippen LogP contribution in [0.2, 0.25) is 5.02 Å². The van der Waals surface area contributed by atoms with Gasteiger partial charge in [-0.15, -0.1) is 0 Å². The highest BCUT2D eigenvalue weighted by Crippen LogP contribution is 2.50. The number of aromatic nitrogens is 5. The second-order valence-corrected chi connectivity index (χ2v) is 9.22. The molecule has 1 aliphatic heterocycles. The molecule has 0 amide bonds. The lowest BCUT2D eigenvalue weighted by Gasteiger charge is -2.26. The molecule has 170 valence electrons. The van der Waals surface area contributed by atoms with E-state index in [1.54, 1.807) is 22.9 Å². The van der Waals surface area contributed by atoms with Gasteiger partial charge in [0.05, 0.1) is 16.5 Å². The van der Waals surface area contributed by atoms with E-state index in [9.17, 15) is 10.2 Å². The Balaban J connectivity index is 1.29. The van der Waals surface area contributed by atoms with Gasteiger partial charge in [0.2, 0.25) is 0 Å². The van der Waals surface area contributed by atoms with E-state index in [0.717, 1.165) is 11.1 Å². The minimum Gasteiger partial charge on any atom is -0.385 e. The van der Waals surface area contributed by atoms with Crippen LogP contribution in [0.3, 0.4) is 0 Å². The molecule has 2 aliphatic rings. The van der Waals surface area contributed by atoms with Crippen LogP contribution in [-0.2, 0) is 11.2 Å². The smallest absolute Gasteiger partial charge is 0.164 e. The van der Waals surface area contributed by atoms with Gasteiger partial charge >= 0.3 is 0 Å². The molecule has 33 heavy (non-hydrogen) atoms. The first-order valence-corrected chi connectivity index (χ1v) is 11.1. The van der Waals surface area contributed by atoms with Gasteiger partial charge in [0, 0.05) is 17.3 Å². The summed E-state index contributed by atoms with van der Waals surface area (Å²) in [5.41, 5.74) is 12.3. The minimum atomic E-state index is -1.36. The van der Waals surface area contributed by atoms with Crippen molar-refractivity contribution in [2.75, 3.05) is 11.5 Å². The summed E-state index contributed by atoms with van der Waals surface area (Å²) in [5, 5.41) is 24.3. The zero-order valence-corrected chi connectivity index (χ0v) is 18.2. The van der Waals surface area contributed by atoms with Crippen LogP contribution in [0.5, 0.6) is 0 Å². The Kier molecular flexibility index (Phi) is 4.50. The summed E-state index contributed by atoms with van der Waals surface area (Å²) in [5.74, 6) is 0.546. The summed E-state index contributed by atoms with van der Waals surface area (Å²) in [4.78, 5) is 17.2. The Bertz CT molecular complexity index is 1400. The molecule has 1 saturated carbocycles. The van der Waals surface area contributed by atoms with E-state index in [0.29, 0.717) is 46.8 Å². The number of rotatable bonds is 3. The fourth-order valence-corrected chi connectivity index (χ4v) is 5.38. The van der Waals surface area contributed by atoms with Gasteiger partial charge < -0.3 is 31.0 Å². The molecule has 2 fully saturated rings. The summed E-state index contributed by atoms with van der Waals surface area (Å²) >= 11 is 6.06. The van der Waals surface area contributed by atoms with E-state index in [1.165, 1.54) is 6.33 Å². The van der Waals surface area contributed by atoms with Crippen molar-refractivity contribution in [2.45, 2.75) is 43.3 Å². The number of nitrogen functional groups attached to an aromatic ring is 2. The number of fused-ring (bicyclic) bond motifs is 3. The van der Waals surface area contributed by atoms with E-state index >= 15 is 0 Å². The average molecular weight is 468 g/mol. The first-order chi connectivity index (χ1) is 15.8. The van der Waals surface area contributed by atoms with Gasteiger partial charge in [-0.2, -0.15) is 0 Å². The largest absolute Gasteiger partial charge is 0.385 e. The number of anilines is 2. The number of hydrogen-bond acceptors (Lipinski definition) is 9. The van der Waals surface area contributed by atoms with Crippen molar-refractivity contribution in [1.29, 1.82) is 0 Å². The number of pyridine rings is 2. The number of nitrogens with zero attached hydrogens (tertiary/aromatic N) is 5. The standard InChI is InChI=1S/C22H22ClN7O3/c23-14-8-11-1-2-12(28-19(11)29-18(14)25)7-10-3-5-22(32)15(31)21(33-16(10)22)30-6-4-13-17(24)26-9-27-20(13)30/h1-2,4,6,8-10,15-16,21,31-32H,3,5,7H2,(H2,24,26,27)(H2,25,28,29)/t10-,15-,16+,21+,22-/m0/s1. The molecule has 11 heteroatoms. The third-order valence-corrected chi connectivity index (χ3v) is 7.21. The summed E-state index contributed by atoms with van der Waals surface area (Å²) in [6, 6.07) is 7.33. The van der Waals surface area contributed by atoms with Crippen LogP contribution in [0, 0.1) is 5.92 Å². The van der Waals surface area contributed by atoms with Crippen LogP contribution < -0.4 is 11.5 Å². The summed E-state index contributed by atoms with van der Waals surface area (Å²) in [7, 11) is 0. The summed E-state index contributed by atoms with van der Waals surface area (Å²) in [6.07, 6.45) is 2.33. The highest BCUT2D eigenvalue weighted by molar-refractivity contribution is 6.33. The molecule has 0 aromatic carbocycles. The van der Waals surface area contributed by atoms with E-state index in [4.69, 9.17) is 27.8 Å². The van der Waals surface area contributed by atoms with Crippen LogP contribution in [-0.4, -0.2) is 52.5 Å². The highest BCUT2D eigenvalue weighted by atomic mass is 35.5.